The van der Waals surface area contributed by atoms with Crippen molar-refractivity contribution in [1.29, 1.82) is 0 Å². The summed E-state index contributed by atoms with van der Waals surface area (Å²) in [6, 6.07) is 6.03. The molecular weight excluding hydrogens is 430 g/mol. The van der Waals surface area contributed by atoms with Crippen molar-refractivity contribution < 1.29 is 13.7 Å². The molecule has 6 nitrogen and oxygen atoms in total. The number of hydrogen-bond donors (Lipinski definition) is 1. The standard InChI is InChI=1S/C23H33N3O3S2/c1-5-19(6-2)30-17(3)24-23(27)21-16-20(31(28)26-12-14-29-15-13-26)10-11-22(21)25(4)18-8-7-9-18/h5,10-11,16,18H,3,6-9,12-15H2,1-2,4H3,(H,24,27)/b19-5-. The monoisotopic (exact) mass is 463 g/mol. The number of morpholine rings is 1. The van der Waals surface area contributed by atoms with E-state index in [1.54, 1.807) is 6.07 Å². The van der Waals surface area contributed by atoms with Crippen LogP contribution in [0.25, 0.3) is 0 Å². The van der Waals surface area contributed by atoms with Gasteiger partial charge in [-0.3, -0.25) is 4.79 Å². The Labute approximate surface area is 192 Å². The van der Waals surface area contributed by atoms with Gasteiger partial charge in [0.15, 0.2) is 0 Å². The normalized spacial score (nSPS) is 18.9. The highest BCUT2D eigenvalue weighted by atomic mass is 32.2. The summed E-state index contributed by atoms with van der Waals surface area (Å²) < 4.78 is 20.4. The van der Waals surface area contributed by atoms with E-state index in [2.05, 4.69) is 23.7 Å². The van der Waals surface area contributed by atoms with E-state index in [9.17, 15) is 9.00 Å². The third-order valence-electron chi connectivity index (χ3n) is 5.80. The minimum Gasteiger partial charge on any atom is -0.379 e. The molecule has 3 rings (SSSR count). The average molecular weight is 464 g/mol. The number of benzene rings is 1. The van der Waals surface area contributed by atoms with Crippen LogP contribution in [-0.2, 0) is 15.7 Å². The van der Waals surface area contributed by atoms with Gasteiger partial charge in [0.2, 0.25) is 0 Å². The van der Waals surface area contributed by atoms with Gasteiger partial charge in [-0.2, -0.15) is 0 Å². The van der Waals surface area contributed by atoms with E-state index in [1.165, 1.54) is 18.2 Å². The van der Waals surface area contributed by atoms with Crippen LogP contribution in [0.1, 0.15) is 49.9 Å². The molecule has 170 valence electrons. The molecule has 1 heterocycles. The SMILES string of the molecule is C=C(NC(=O)c1cc(S(=O)N2CCOCC2)ccc1N(C)C1CCC1)S/C(=C\C)CC. The fourth-order valence-electron chi connectivity index (χ4n) is 3.66. The molecule has 2 aliphatic rings. The van der Waals surface area contributed by atoms with E-state index in [1.807, 2.05) is 36.5 Å². The summed E-state index contributed by atoms with van der Waals surface area (Å²) >= 11 is 1.48. The number of anilines is 1. The van der Waals surface area contributed by atoms with Crippen molar-refractivity contribution in [2.75, 3.05) is 38.3 Å². The summed E-state index contributed by atoms with van der Waals surface area (Å²) in [5, 5.41) is 3.54. The van der Waals surface area contributed by atoms with E-state index in [4.69, 9.17) is 4.74 Å². The number of nitrogens with zero attached hydrogens (tertiary/aromatic N) is 2. The lowest BCUT2D eigenvalue weighted by Crippen LogP contribution is -2.39. The first-order valence-electron chi connectivity index (χ1n) is 10.9. The molecule has 1 unspecified atom stereocenters. The van der Waals surface area contributed by atoms with E-state index in [0.29, 0.717) is 47.8 Å². The molecule has 1 aliphatic carbocycles. The maximum atomic E-state index is 13.3. The Morgan fingerprint density at radius 3 is 2.68 bits per heavy atom. The van der Waals surface area contributed by atoms with Gasteiger partial charge in [0.05, 0.1) is 28.7 Å². The van der Waals surface area contributed by atoms with Gasteiger partial charge in [-0.25, -0.2) is 8.51 Å². The van der Waals surface area contributed by atoms with Gasteiger partial charge in [-0.05, 0) is 55.7 Å². The summed E-state index contributed by atoms with van der Waals surface area (Å²) in [7, 11) is 0.712. The fourth-order valence-corrected chi connectivity index (χ4v) is 5.56. The van der Waals surface area contributed by atoms with Gasteiger partial charge in [-0.15, -0.1) is 0 Å². The average Bonchev–Trinajstić information content (AvgIpc) is 2.75. The second-order valence-corrected chi connectivity index (χ2v) is 10.5. The van der Waals surface area contributed by atoms with Crippen molar-refractivity contribution in [3.63, 3.8) is 0 Å². The summed E-state index contributed by atoms with van der Waals surface area (Å²) in [6.07, 6.45) is 6.39. The number of hydrogen-bond acceptors (Lipinski definition) is 5. The molecule has 8 heteroatoms. The smallest absolute Gasteiger partial charge is 0.258 e. The van der Waals surface area contributed by atoms with Crippen LogP contribution >= 0.6 is 11.8 Å². The number of amides is 1. The highest BCUT2D eigenvalue weighted by molar-refractivity contribution is 8.06. The molecule has 1 saturated heterocycles. The fraction of sp³-hybridized carbons (Fsp3) is 0.522. The zero-order valence-corrected chi connectivity index (χ0v) is 20.3. The Morgan fingerprint density at radius 1 is 1.39 bits per heavy atom. The number of carbonyl (C=O) groups is 1. The molecule has 2 fully saturated rings. The molecule has 1 aromatic carbocycles. The van der Waals surface area contributed by atoms with Gasteiger partial charge in [-0.1, -0.05) is 31.3 Å². The van der Waals surface area contributed by atoms with Crippen molar-refractivity contribution in [2.24, 2.45) is 0 Å². The van der Waals surface area contributed by atoms with Gasteiger partial charge in [0, 0.05) is 31.9 Å². The second-order valence-electron chi connectivity index (χ2n) is 7.75. The molecule has 0 bridgehead atoms. The topological polar surface area (TPSA) is 61.9 Å². The third kappa shape index (κ3) is 6.00. The number of rotatable bonds is 9. The quantitative estimate of drug-likeness (QED) is 0.592. The summed E-state index contributed by atoms with van der Waals surface area (Å²) in [5.74, 6) is -0.217. The van der Waals surface area contributed by atoms with E-state index in [-0.39, 0.29) is 5.91 Å². The third-order valence-corrected chi connectivity index (χ3v) is 8.43. The first-order valence-corrected chi connectivity index (χ1v) is 12.8. The van der Waals surface area contributed by atoms with E-state index < -0.39 is 11.0 Å². The van der Waals surface area contributed by atoms with Crippen LogP contribution in [0, 0.1) is 0 Å². The van der Waals surface area contributed by atoms with Crippen LogP contribution in [0.15, 0.2) is 45.7 Å². The summed E-state index contributed by atoms with van der Waals surface area (Å²) in [6.45, 7) is 10.5. The number of nitrogens with one attached hydrogen (secondary N) is 1. The summed E-state index contributed by atoms with van der Waals surface area (Å²) in [5.41, 5.74) is 1.40. The first-order chi connectivity index (χ1) is 14.9. The van der Waals surface area contributed by atoms with Crippen LogP contribution in [0.4, 0.5) is 5.69 Å². The van der Waals surface area contributed by atoms with Gasteiger partial charge >= 0.3 is 0 Å². The lowest BCUT2D eigenvalue weighted by atomic mass is 9.91. The van der Waals surface area contributed by atoms with Crippen molar-refractivity contribution in [2.45, 2.75) is 50.5 Å². The van der Waals surface area contributed by atoms with Crippen LogP contribution in [0.3, 0.4) is 0 Å². The molecule has 31 heavy (non-hydrogen) atoms. The molecule has 0 aromatic heterocycles. The largest absolute Gasteiger partial charge is 0.379 e. The van der Waals surface area contributed by atoms with Crippen LogP contribution in [0.2, 0.25) is 0 Å². The van der Waals surface area contributed by atoms with Crippen LogP contribution < -0.4 is 10.2 Å². The van der Waals surface area contributed by atoms with Crippen LogP contribution in [-0.4, -0.2) is 53.8 Å². The molecule has 1 atom stereocenters. The van der Waals surface area contributed by atoms with Crippen molar-refractivity contribution in [3.05, 3.63) is 46.4 Å². The highest BCUT2D eigenvalue weighted by Crippen LogP contribution is 2.32. The summed E-state index contributed by atoms with van der Waals surface area (Å²) in [4.78, 5) is 17.2. The zero-order valence-electron chi connectivity index (χ0n) is 18.7. The number of ether oxygens (including phenoxy) is 1. The molecule has 1 N–H and O–H groups in total. The van der Waals surface area contributed by atoms with Crippen LogP contribution in [0.5, 0.6) is 0 Å². The first kappa shape index (κ1) is 24.0. The maximum absolute atomic E-state index is 13.3. The Kier molecular flexibility index (Phi) is 8.77. The van der Waals surface area contributed by atoms with E-state index >= 15 is 0 Å². The Bertz CT molecular complexity index is 862. The second kappa shape index (κ2) is 11.3. The Balaban J connectivity index is 1.85. The number of allylic oxidation sites excluding steroid dienone is 2. The lowest BCUT2D eigenvalue weighted by molar-refractivity contribution is 0.0752. The molecule has 0 spiro atoms. The Morgan fingerprint density at radius 2 is 2.10 bits per heavy atom. The molecular formula is C23H33N3O3S2. The lowest BCUT2D eigenvalue weighted by Gasteiger charge is -2.37. The molecule has 0 radical (unpaired) electrons. The predicted octanol–water partition coefficient (Wildman–Crippen LogP) is 4.28. The molecule has 1 aliphatic heterocycles. The van der Waals surface area contributed by atoms with Crippen molar-refractivity contribution in [3.8, 4) is 0 Å². The van der Waals surface area contributed by atoms with Crippen molar-refractivity contribution in [1.82, 2.24) is 9.62 Å². The minimum absolute atomic E-state index is 0.217. The molecule has 1 amide bonds. The molecule has 1 saturated carbocycles. The number of thioether (sulfide) groups is 1. The van der Waals surface area contributed by atoms with Gasteiger partial charge < -0.3 is 15.0 Å². The van der Waals surface area contributed by atoms with Crippen molar-refractivity contribution >= 4 is 34.3 Å². The van der Waals surface area contributed by atoms with Gasteiger partial charge in [0.1, 0.15) is 11.0 Å². The highest BCUT2D eigenvalue weighted by Gasteiger charge is 2.27. The van der Waals surface area contributed by atoms with E-state index in [0.717, 1.165) is 29.9 Å². The van der Waals surface area contributed by atoms with Gasteiger partial charge in [0.25, 0.3) is 5.91 Å². The molecule has 1 aromatic rings. The maximum Gasteiger partial charge on any atom is 0.258 e. The number of carbonyl (C=O) groups excluding carboxylic acids is 1. The Hall–Kier alpha value is -1.61. The predicted molar refractivity (Wildman–Crippen MR) is 130 cm³/mol. The zero-order chi connectivity index (χ0) is 22.4. The minimum atomic E-state index is -1.32.